The Morgan fingerprint density at radius 1 is 1.22 bits per heavy atom. The molecule has 1 aliphatic rings. The molecule has 98 valence electrons. The number of fused-ring (bicyclic) bond motifs is 1. The van der Waals surface area contributed by atoms with Gasteiger partial charge in [-0.25, -0.2) is 0 Å². The predicted octanol–water partition coefficient (Wildman–Crippen LogP) is 3.10. The SMILES string of the molecule is CC(=O)Cc1cc2c(cc1C(C)C)OCCCO2. The number of ether oxygens (including phenoxy) is 2. The van der Waals surface area contributed by atoms with Crippen LogP contribution in [0.15, 0.2) is 12.1 Å². The quantitative estimate of drug-likeness (QED) is 0.824. The molecule has 0 atom stereocenters. The molecule has 3 heteroatoms. The molecule has 2 rings (SSSR count). The number of hydrogen-bond donors (Lipinski definition) is 0. The molecule has 0 fully saturated rings. The van der Waals surface area contributed by atoms with Gasteiger partial charge < -0.3 is 9.47 Å². The maximum atomic E-state index is 11.4. The van der Waals surface area contributed by atoms with Gasteiger partial charge in [-0.3, -0.25) is 4.79 Å². The normalized spacial score (nSPS) is 14.4. The van der Waals surface area contributed by atoms with Gasteiger partial charge in [-0.1, -0.05) is 13.8 Å². The molecule has 0 bridgehead atoms. The molecule has 0 N–H and O–H groups in total. The van der Waals surface area contributed by atoms with Gasteiger partial charge in [0.25, 0.3) is 0 Å². The molecular weight excluding hydrogens is 228 g/mol. The van der Waals surface area contributed by atoms with Crippen LogP contribution in [0, 0.1) is 0 Å². The predicted molar refractivity (Wildman–Crippen MR) is 70.5 cm³/mol. The monoisotopic (exact) mass is 248 g/mol. The van der Waals surface area contributed by atoms with Gasteiger partial charge >= 0.3 is 0 Å². The van der Waals surface area contributed by atoms with Gasteiger partial charge in [0.1, 0.15) is 5.78 Å². The fraction of sp³-hybridized carbons (Fsp3) is 0.533. The standard InChI is InChI=1S/C15H20O3/c1-10(2)13-9-15-14(17-5-4-6-18-15)8-12(13)7-11(3)16/h8-10H,4-7H2,1-3H3. The molecule has 0 saturated carbocycles. The topological polar surface area (TPSA) is 35.5 Å². The highest BCUT2D eigenvalue weighted by molar-refractivity contribution is 5.79. The highest BCUT2D eigenvalue weighted by Gasteiger charge is 2.17. The summed E-state index contributed by atoms with van der Waals surface area (Å²) in [6.07, 6.45) is 1.36. The number of hydrogen-bond acceptors (Lipinski definition) is 3. The van der Waals surface area contributed by atoms with E-state index in [2.05, 4.69) is 13.8 Å². The lowest BCUT2D eigenvalue weighted by atomic mass is 9.93. The first-order valence-corrected chi connectivity index (χ1v) is 6.49. The summed E-state index contributed by atoms with van der Waals surface area (Å²) in [5.74, 6) is 2.12. The number of carbonyl (C=O) groups excluding carboxylic acids is 1. The molecule has 1 aromatic carbocycles. The molecule has 18 heavy (non-hydrogen) atoms. The van der Waals surface area contributed by atoms with Crippen LogP contribution in [0.25, 0.3) is 0 Å². The average Bonchev–Trinajstić information content (AvgIpc) is 2.51. The van der Waals surface area contributed by atoms with E-state index < -0.39 is 0 Å². The largest absolute Gasteiger partial charge is 0.490 e. The molecule has 1 heterocycles. The second-order valence-electron chi connectivity index (χ2n) is 5.08. The van der Waals surface area contributed by atoms with Gasteiger partial charge in [0.15, 0.2) is 11.5 Å². The van der Waals surface area contributed by atoms with E-state index in [1.165, 1.54) is 5.56 Å². The Balaban J connectivity index is 2.43. The maximum Gasteiger partial charge on any atom is 0.161 e. The van der Waals surface area contributed by atoms with Crippen LogP contribution < -0.4 is 9.47 Å². The third-order valence-electron chi connectivity index (χ3n) is 3.07. The van der Waals surface area contributed by atoms with E-state index in [0.29, 0.717) is 25.6 Å². The van der Waals surface area contributed by atoms with Crippen molar-refractivity contribution in [2.75, 3.05) is 13.2 Å². The van der Waals surface area contributed by atoms with Gasteiger partial charge in [0.05, 0.1) is 13.2 Å². The van der Waals surface area contributed by atoms with E-state index in [9.17, 15) is 4.79 Å². The van der Waals surface area contributed by atoms with Crippen molar-refractivity contribution in [2.24, 2.45) is 0 Å². The Hall–Kier alpha value is -1.51. The molecular formula is C15H20O3. The smallest absolute Gasteiger partial charge is 0.161 e. The van der Waals surface area contributed by atoms with Crippen molar-refractivity contribution < 1.29 is 14.3 Å². The van der Waals surface area contributed by atoms with E-state index in [1.54, 1.807) is 6.92 Å². The first kappa shape index (κ1) is 12.9. The summed E-state index contributed by atoms with van der Waals surface area (Å²) in [6, 6.07) is 4.00. The minimum atomic E-state index is 0.173. The van der Waals surface area contributed by atoms with Crippen LogP contribution in [0.1, 0.15) is 44.2 Å². The summed E-state index contributed by atoms with van der Waals surface area (Å²) >= 11 is 0. The van der Waals surface area contributed by atoms with Crippen LogP contribution in [0.5, 0.6) is 11.5 Å². The summed E-state index contributed by atoms with van der Waals surface area (Å²) in [7, 11) is 0. The lowest BCUT2D eigenvalue weighted by molar-refractivity contribution is -0.116. The fourth-order valence-corrected chi connectivity index (χ4v) is 2.23. The number of benzene rings is 1. The summed E-state index contributed by atoms with van der Waals surface area (Å²) in [4.78, 5) is 11.4. The van der Waals surface area contributed by atoms with Crippen molar-refractivity contribution in [3.8, 4) is 11.5 Å². The van der Waals surface area contributed by atoms with E-state index in [1.807, 2.05) is 12.1 Å². The molecule has 0 spiro atoms. The van der Waals surface area contributed by atoms with Crippen molar-refractivity contribution in [3.05, 3.63) is 23.3 Å². The van der Waals surface area contributed by atoms with Gasteiger partial charge in [0.2, 0.25) is 0 Å². The molecule has 0 aliphatic carbocycles. The van der Waals surface area contributed by atoms with Crippen molar-refractivity contribution in [3.63, 3.8) is 0 Å². The van der Waals surface area contributed by atoms with E-state index in [-0.39, 0.29) is 5.78 Å². The third kappa shape index (κ3) is 2.84. The van der Waals surface area contributed by atoms with Crippen molar-refractivity contribution in [2.45, 2.75) is 39.5 Å². The number of rotatable bonds is 3. The Kier molecular flexibility index (Phi) is 3.90. The molecule has 0 unspecified atom stereocenters. The fourth-order valence-electron chi connectivity index (χ4n) is 2.23. The minimum absolute atomic E-state index is 0.173. The van der Waals surface area contributed by atoms with Gasteiger partial charge in [0, 0.05) is 12.8 Å². The van der Waals surface area contributed by atoms with Crippen LogP contribution in [0.4, 0.5) is 0 Å². The Morgan fingerprint density at radius 2 is 1.83 bits per heavy atom. The molecule has 0 aromatic heterocycles. The highest BCUT2D eigenvalue weighted by Crippen LogP contribution is 2.35. The van der Waals surface area contributed by atoms with Crippen LogP contribution in [0.2, 0.25) is 0 Å². The first-order chi connectivity index (χ1) is 8.58. The maximum absolute atomic E-state index is 11.4. The van der Waals surface area contributed by atoms with Gasteiger partial charge in [-0.15, -0.1) is 0 Å². The van der Waals surface area contributed by atoms with E-state index in [4.69, 9.17) is 9.47 Å². The Bertz CT molecular complexity index is 449. The zero-order chi connectivity index (χ0) is 13.1. The lowest BCUT2D eigenvalue weighted by Crippen LogP contribution is -2.04. The Morgan fingerprint density at radius 3 is 2.39 bits per heavy atom. The van der Waals surface area contributed by atoms with Crippen LogP contribution in [-0.4, -0.2) is 19.0 Å². The summed E-state index contributed by atoms with van der Waals surface area (Å²) in [5.41, 5.74) is 2.23. The first-order valence-electron chi connectivity index (χ1n) is 6.49. The summed E-state index contributed by atoms with van der Waals surface area (Å²) in [5, 5.41) is 0. The van der Waals surface area contributed by atoms with Gasteiger partial charge in [-0.2, -0.15) is 0 Å². The zero-order valence-electron chi connectivity index (χ0n) is 11.3. The molecule has 0 amide bonds. The second-order valence-corrected chi connectivity index (χ2v) is 5.08. The van der Waals surface area contributed by atoms with E-state index in [0.717, 1.165) is 23.5 Å². The van der Waals surface area contributed by atoms with Crippen LogP contribution in [0.3, 0.4) is 0 Å². The third-order valence-corrected chi connectivity index (χ3v) is 3.07. The number of carbonyl (C=O) groups is 1. The molecule has 1 aromatic rings. The number of ketones is 1. The second kappa shape index (κ2) is 5.42. The zero-order valence-corrected chi connectivity index (χ0v) is 11.3. The molecule has 3 nitrogen and oxygen atoms in total. The van der Waals surface area contributed by atoms with Gasteiger partial charge in [-0.05, 0) is 36.1 Å². The van der Waals surface area contributed by atoms with Crippen molar-refractivity contribution in [1.82, 2.24) is 0 Å². The molecule has 0 saturated heterocycles. The van der Waals surface area contributed by atoms with Crippen LogP contribution in [-0.2, 0) is 11.2 Å². The summed E-state index contributed by atoms with van der Waals surface area (Å²) in [6.45, 7) is 7.24. The van der Waals surface area contributed by atoms with Crippen molar-refractivity contribution >= 4 is 5.78 Å². The highest BCUT2D eigenvalue weighted by atomic mass is 16.5. The van der Waals surface area contributed by atoms with Crippen molar-refractivity contribution in [1.29, 1.82) is 0 Å². The molecule has 1 aliphatic heterocycles. The minimum Gasteiger partial charge on any atom is -0.490 e. The average molecular weight is 248 g/mol. The Labute approximate surface area is 108 Å². The lowest BCUT2D eigenvalue weighted by Gasteiger charge is -2.16. The van der Waals surface area contributed by atoms with E-state index >= 15 is 0 Å². The summed E-state index contributed by atoms with van der Waals surface area (Å²) < 4.78 is 11.4. The number of Topliss-reactive ketones (excluding diaryl/α,β-unsaturated/α-hetero) is 1. The molecule has 0 radical (unpaired) electrons. The van der Waals surface area contributed by atoms with Crippen LogP contribution >= 0.6 is 0 Å².